The molecule has 1 aromatic carbocycles. The summed E-state index contributed by atoms with van der Waals surface area (Å²) in [4.78, 5) is 21.0. The van der Waals surface area contributed by atoms with Gasteiger partial charge in [0.05, 0.1) is 0 Å². The quantitative estimate of drug-likeness (QED) is 0.473. The summed E-state index contributed by atoms with van der Waals surface area (Å²) in [5, 5.41) is 8.56. The number of carbonyl (C=O) groups is 2. The number of aliphatic carboxylic acids is 1. The Bertz CT molecular complexity index is 450. The fourth-order valence-electron chi connectivity index (χ4n) is 1.25. The minimum Gasteiger partial charge on any atom is -0.489 e. The van der Waals surface area contributed by atoms with Crippen molar-refractivity contribution in [3.8, 4) is 5.75 Å². The fourth-order valence-corrected chi connectivity index (χ4v) is 1.25. The first-order chi connectivity index (χ1) is 8.59. The second-order valence-electron chi connectivity index (χ2n) is 3.40. The number of para-hydroxylation sites is 1. The molecule has 18 heavy (non-hydrogen) atoms. The Labute approximate surface area is 105 Å². The van der Waals surface area contributed by atoms with Crippen molar-refractivity contribution in [2.75, 3.05) is 13.2 Å². The highest BCUT2D eigenvalue weighted by Gasteiger charge is 2.01. The minimum atomic E-state index is -1.02. The lowest BCUT2D eigenvalue weighted by Crippen LogP contribution is -2.09. The Morgan fingerprint density at radius 1 is 1.28 bits per heavy atom. The Hall–Kier alpha value is -2.30. The van der Waals surface area contributed by atoms with Crippen molar-refractivity contribution in [2.45, 2.75) is 6.92 Å². The standard InChI is InChI=1S/C13H14O5/c1-10(14)17-8-9-18-12-5-3-2-4-11(12)6-7-13(15)16/h2-7H,8-9H2,1H3,(H,15,16). The van der Waals surface area contributed by atoms with E-state index in [1.54, 1.807) is 24.3 Å². The zero-order chi connectivity index (χ0) is 13.4. The summed E-state index contributed by atoms with van der Waals surface area (Å²) in [5.41, 5.74) is 0.655. The number of ether oxygens (including phenoxy) is 2. The highest BCUT2D eigenvalue weighted by Crippen LogP contribution is 2.19. The molecular formula is C13H14O5. The third-order valence-corrected chi connectivity index (χ3v) is 1.97. The number of benzene rings is 1. The smallest absolute Gasteiger partial charge is 0.328 e. The molecule has 96 valence electrons. The predicted molar refractivity (Wildman–Crippen MR) is 65.2 cm³/mol. The van der Waals surface area contributed by atoms with E-state index in [4.69, 9.17) is 14.6 Å². The summed E-state index contributed by atoms with van der Waals surface area (Å²) in [7, 11) is 0. The highest BCUT2D eigenvalue weighted by molar-refractivity contribution is 5.85. The van der Waals surface area contributed by atoms with Gasteiger partial charge < -0.3 is 14.6 Å². The van der Waals surface area contributed by atoms with E-state index in [0.29, 0.717) is 11.3 Å². The first-order valence-electron chi connectivity index (χ1n) is 5.36. The van der Waals surface area contributed by atoms with Crippen molar-refractivity contribution in [3.63, 3.8) is 0 Å². The van der Waals surface area contributed by atoms with Crippen LogP contribution in [0.25, 0.3) is 6.08 Å². The van der Waals surface area contributed by atoms with Crippen molar-refractivity contribution >= 4 is 18.0 Å². The lowest BCUT2D eigenvalue weighted by Gasteiger charge is -2.08. The van der Waals surface area contributed by atoms with Gasteiger partial charge in [-0.05, 0) is 12.1 Å². The third-order valence-electron chi connectivity index (χ3n) is 1.97. The van der Waals surface area contributed by atoms with Gasteiger partial charge >= 0.3 is 11.9 Å². The first kappa shape index (κ1) is 13.8. The monoisotopic (exact) mass is 250 g/mol. The van der Waals surface area contributed by atoms with E-state index in [0.717, 1.165) is 6.08 Å². The Balaban J connectivity index is 2.59. The maximum atomic E-state index is 10.5. The lowest BCUT2D eigenvalue weighted by atomic mass is 10.2. The maximum absolute atomic E-state index is 10.5. The Kier molecular flexibility index (Phi) is 5.44. The van der Waals surface area contributed by atoms with E-state index >= 15 is 0 Å². The van der Waals surface area contributed by atoms with Gasteiger partial charge in [0.25, 0.3) is 0 Å². The van der Waals surface area contributed by atoms with Crippen molar-refractivity contribution in [2.24, 2.45) is 0 Å². The number of esters is 1. The van der Waals surface area contributed by atoms with Crippen LogP contribution in [0.3, 0.4) is 0 Å². The maximum Gasteiger partial charge on any atom is 0.328 e. The molecule has 1 rings (SSSR count). The van der Waals surface area contributed by atoms with E-state index in [2.05, 4.69) is 0 Å². The van der Waals surface area contributed by atoms with Crippen molar-refractivity contribution in [1.82, 2.24) is 0 Å². The molecule has 1 N–H and O–H groups in total. The molecule has 1 aromatic rings. The van der Waals surface area contributed by atoms with Crippen LogP contribution in [0.2, 0.25) is 0 Å². The lowest BCUT2D eigenvalue weighted by molar-refractivity contribution is -0.141. The molecule has 0 unspecified atom stereocenters. The first-order valence-corrected chi connectivity index (χ1v) is 5.36. The van der Waals surface area contributed by atoms with Gasteiger partial charge in [-0.1, -0.05) is 18.2 Å². The fraction of sp³-hybridized carbons (Fsp3) is 0.231. The number of hydrogen-bond donors (Lipinski definition) is 1. The number of carboxylic acids is 1. The summed E-state index contributed by atoms with van der Waals surface area (Å²) in [6, 6.07) is 7.01. The normalized spacial score (nSPS) is 10.3. The van der Waals surface area contributed by atoms with Gasteiger partial charge in [-0.15, -0.1) is 0 Å². The molecule has 0 saturated carbocycles. The molecule has 0 radical (unpaired) electrons. The molecule has 0 fully saturated rings. The van der Waals surface area contributed by atoms with Crippen molar-refractivity contribution in [1.29, 1.82) is 0 Å². The second-order valence-corrected chi connectivity index (χ2v) is 3.40. The van der Waals surface area contributed by atoms with Gasteiger partial charge in [0.2, 0.25) is 0 Å². The highest BCUT2D eigenvalue weighted by atomic mass is 16.6. The van der Waals surface area contributed by atoms with E-state index in [9.17, 15) is 9.59 Å². The molecule has 0 aliphatic heterocycles. The van der Waals surface area contributed by atoms with Crippen LogP contribution in [0.5, 0.6) is 5.75 Å². The van der Waals surface area contributed by atoms with E-state index in [1.165, 1.54) is 13.0 Å². The van der Waals surface area contributed by atoms with Crippen LogP contribution >= 0.6 is 0 Å². The third kappa shape index (κ3) is 5.16. The summed E-state index contributed by atoms with van der Waals surface area (Å²) in [5.74, 6) is -0.843. The largest absolute Gasteiger partial charge is 0.489 e. The summed E-state index contributed by atoms with van der Waals surface area (Å²) >= 11 is 0. The predicted octanol–water partition coefficient (Wildman–Crippen LogP) is 1.73. The van der Waals surface area contributed by atoms with Crippen LogP contribution in [-0.4, -0.2) is 30.3 Å². The average molecular weight is 250 g/mol. The molecule has 0 amide bonds. The second kappa shape index (κ2) is 7.11. The molecular weight excluding hydrogens is 236 g/mol. The number of carboxylic acid groups (broad SMARTS) is 1. The molecule has 0 aliphatic rings. The molecule has 0 spiro atoms. The van der Waals surface area contributed by atoms with Gasteiger partial charge in [0, 0.05) is 18.6 Å². The summed E-state index contributed by atoms with van der Waals surface area (Å²) in [6.45, 7) is 1.70. The molecule has 0 aliphatic carbocycles. The van der Waals surface area contributed by atoms with Crippen LogP contribution in [0, 0.1) is 0 Å². The Morgan fingerprint density at radius 2 is 2.00 bits per heavy atom. The van der Waals surface area contributed by atoms with E-state index in [-0.39, 0.29) is 19.2 Å². The van der Waals surface area contributed by atoms with E-state index < -0.39 is 5.97 Å². The molecule has 5 nitrogen and oxygen atoms in total. The summed E-state index contributed by atoms with van der Waals surface area (Å²) in [6.07, 6.45) is 2.48. The molecule has 0 heterocycles. The minimum absolute atomic E-state index is 0.159. The zero-order valence-corrected chi connectivity index (χ0v) is 9.96. The van der Waals surface area contributed by atoms with Crippen LogP contribution in [0.1, 0.15) is 12.5 Å². The zero-order valence-electron chi connectivity index (χ0n) is 9.96. The van der Waals surface area contributed by atoms with Gasteiger partial charge in [-0.25, -0.2) is 4.79 Å². The van der Waals surface area contributed by atoms with Gasteiger partial charge in [0.1, 0.15) is 19.0 Å². The summed E-state index contributed by atoms with van der Waals surface area (Å²) < 4.78 is 10.1. The Morgan fingerprint density at radius 3 is 2.67 bits per heavy atom. The molecule has 0 saturated heterocycles. The number of hydrogen-bond acceptors (Lipinski definition) is 4. The molecule has 0 bridgehead atoms. The topological polar surface area (TPSA) is 72.8 Å². The SMILES string of the molecule is CC(=O)OCCOc1ccccc1C=CC(=O)O. The molecule has 0 aromatic heterocycles. The van der Waals surface area contributed by atoms with Crippen LogP contribution in [0.4, 0.5) is 0 Å². The van der Waals surface area contributed by atoms with Crippen molar-refractivity contribution < 1.29 is 24.2 Å². The van der Waals surface area contributed by atoms with Gasteiger partial charge in [-0.2, -0.15) is 0 Å². The van der Waals surface area contributed by atoms with E-state index in [1.807, 2.05) is 0 Å². The van der Waals surface area contributed by atoms with Gasteiger partial charge in [0.15, 0.2) is 0 Å². The van der Waals surface area contributed by atoms with Crippen LogP contribution in [0.15, 0.2) is 30.3 Å². The van der Waals surface area contributed by atoms with Gasteiger partial charge in [-0.3, -0.25) is 4.79 Å². The number of carbonyl (C=O) groups excluding carboxylic acids is 1. The van der Waals surface area contributed by atoms with Crippen LogP contribution < -0.4 is 4.74 Å². The average Bonchev–Trinajstić information content (AvgIpc) is 2.33. The molecule has 0 atom stereocenters. The molecule has 5 heteroatoms. The number of rotatable bonds is 6. The van der Waals surface area contributed by atoms with Crippen molar-refractivity contribution in [3.05, 3.63) is 35.9 Å². The van der Waals surface area contributed by atoms with Crippen LogP contribution in [-0.2, 0) is 14.3 Å².